The Bertz CT molecular complexity index is 424. The first-order valence-electron chi connectivity index (χ1n) is 7.17. The van der Waals surface area contributed by atoms with E-state index in [2.05, 4.69) is 10.3 Å². The van der Waals surface area contributed by atoms with Gasteiger partial charge in [0.25, 0.3) is 0 Å². The maximum Gasteiger partial charge on any atom is 0.229 e. The monoisotopic (exact) mass is 277 g/mol. The predicted octanol–water partition coefficient (Wildman–Crippen LogP) is 0.707. The van der Waals surface area contributed by atoms with Crippen LogP contribution in [0.2, 0.25) is 0 Å². The number of carbonyl (C=O) groups excluding carboxylic acids is 1. The molecule has 110 valence electrons. The summed E-state index contributed by atoms with van der Waals surface area (Å²) in [5.74, 6) is 0.111. The van der Waals surface area contributed by atoms with E-state index in [1.54, 1.807) is 12.4 Å². The minimum absolute atomic E-state index is 0.0580. The van der Waals surface area contributed by atoms with Crippen LogP contribution in [-0.4, -0.2) is 55.2 Å². The molecule has 1 amide bonds. The lowest BCUT2D eigenvalue weighted by Gasteiger charge is -2.24. The predicted molar refractivity (Wildman–Crippen MR) is 77.4 cm³/mol. The molecule has 1 aromatic heterocycles. The van der Waals surface area contributed by atoms with Gasteiger partial charge in [0.2, 0.25) is 5.91 Å². The fraction of sp³-hybridized carbons (Fsp3) is 0.600. The van der Waals surface area contributed by atoms with Crippen LogP contribution in [0.1, 0.15) is 12.5 Å². The molecule has 1 aliphatic rings. The van der Waals surface area contributed by atoms with Crippen molar-refractivity contribution in [3.8, 4) is 0 Å². The van der Waals surface area contributed by atoms with Crippen molar-refractivity contribution in [2.24, 2.45) is 5.92 Å². The second kappa shape index (κ2) is 7.36. The van der Waals surface area contributed by atoms with Gasteiger partial charge in [-0.1, -0.05) is 6.92 Å². The molecule has 20 heavy (non-hydrogen) atoms. The Morgan fingerprint density at radius 1 is 1.45 bits per heavy atom. The van der Waals surface area contributed by atoms with E-state index in [4.69, 9.17) is 4.74 Å². The molecule has 2 rings (SSSR count). The second-order valence-corrected chi connectivity index (χ2v) is 5.17. The van der Waals surface area contributed by atoms with Crippen molar-refractivity contribution < 1.29 is 9.53 Å². The van der Waals surface area contributed by atoms with Gasteiger partial charge < -0.3 is 15.0 Å². The normalized spacial score (nSPS) is 21.9. The Hall–Kier alpha value is -1.46. The molecule has 0 bridgehead atoms. The van der Waals surface area contributed by atoms with Gasteiger partial charge in [-0.2, -0.15) is 0 Å². The van der Waals surface area contributed by atoms with Gasteiger partial charge in [-0.3, -0.25) is 9.78 Å². The number of likely N-dealkylation sites (N-methyl/N-ethyl adjacent to an activating group) is 2. The summed E-state index contributed by atoms with van der Waals surface area (Å²) in [6, 6.07) is 4.12. The van der Waals surface area contributed by atoms with Gasteiger partial charge in [-0.25, -0.2) is 0 Å². The molecule has 2 atom stereocenters. The third-order valence-electron chi connectivity index (χ3n) is 3.73. The molecular weight excluding hydrogens is 254 g/mol. The first kappa shape index (κ1) is 14.9. The summed E-state index contributed by atoms with van der Waals surface area (Å²) in [6.07, 6.45) is 4.41. The Balaban J connectivity index is 1.85. The van der Waals surface area contributed by atoms with Crippen molar-refractivity contribution in [2.45, 2.75) is 19.4 Å². The summed E-state index contributed by atoms with van der Waals surface area (Å²) in [4.78, 5) is 18.3. The highest BCUT2D eigenvalue weighted by molar-refractivity contribution is 5.79. The average molecular weight is 277 g/mol. The quantitative estimate of drug-likeness (QED) is 0.832. The zero-order valence-electron chi connectivity index (χ0n) is 12.2. The minimum atomic E-state index is -0.0580. The van der Waals surface area contributed by atoms with Crippen LogP contribution in [0.4, 0.5) is 0 Å². The fourth-order valence-corrected chi connectivity index (χ4v) is 2.50. The smallest absolute Gasteiger partial charge is 0.229 e. The number of ether oxygens (including phenoxy) is 1. The summed E-state index contributed by atoms with van der Waals surface area (Å²) in [6.45, 7) is 4.78. The van der Waals surface area contributed by atoms with Crippen LogP contribution in [0.25, 0.3) is 0 Å². The van der Waals surface area contributed by atoms with Crippen molar-refractivity contribution in [2.75, 3.05) is 33.4 Å². The number of hydrogen-bond donors (Lipinski definition) is 1. The van der Waals surface area contributed by atoms with Crippen molar-refractivity contribution in [3.63, 3.8) is 0 Å². The van der Waals surface area contributed by atoms with Crippen molar-refractivity contribution in [1.29, 1.82) is 0 Å². The molecule has 5 nitrogen and oxygen atoms in total. The molecular formula is C15H23N3O2. The van der Waals surface area contributed by atoms with E-state index < -0.39 is 0 Å². The van der Waals surface area contributed by atoms with Gasteiger partial charge in [0, 0.05) is 32.0 Å². The Morgan fingerprint density at radius 2 is 2.20 bits per heavy atom. The lowest BCUT2D eigenvalue weighted by Crippen LogP contribution is -2.45. The number of rotatable bonds is 6. The van der Waals surface area contributed by atoms with Crippen LogP contribution in [0.15, 0.2) is 24.5 Å². The van der Waals surface area contributed by atoms with Crippen LogP contribution in [0.5, 0.6) is 0 Å². The minimum Gasteiger partial charge on any atom is -0.379 e. The molecule has 5 heteroatoms. The molecule has 2 heterocycles. The van der Waals surface area contributed by atoms with Crippen LogP contribution < -0.4 is 5.32 Å². The molecule has 1 aliphatic heterocycles. The zero-order valence-corrected chi connectivity index (χ0v) is 12.2. The highest BCUT2D eigenvalue weighted by atomic mass is 16.5. The number of amides is 1. The maximum atomic E-state index is 12.4. The Kier molecular flexibility index (Phi) is 5.49. The van der Waals surface area contributed by atoms with E-state index in [0.717, 1.165) is 19.5 Å². The van der Waals surface area contributed by atoms with E-state index >= 15 is 0 Å². The summed E-state index contributed by atoms with van der Waals surface area (Å²) >= 11 is 0. The van der Waals surface area contributed by atoms with Crippen LogP contribution in [0, 0.1) is 5.92 Å². The van der Waals surface area contributed by atoms with E-state index in [1.165, 1.54) is 5.56 Å². The number of nitrogens with zero attached hydrogens (tertiary/aromatic N) is 2. The first-order valence-corrected chi connectivity index (χ1v) is 7.17. The van der Waals surface area contributed by atoms with Gasteiger partial charge in [-0.15, -0.1) is 0 Å². The lowest BCUT2D eigenvalue weighted by molar-refractivity contribution is -0.134. The summed E-state index contributed by atoms with van der Waals surface area (Å²) in [5, 5.41) is 3.32. The second-order valence-electron chi connectivity index (χ2n) is 5.17. The summed E-state index contributed by atoms with van der Waals surface area (Å²) in [5.41, 5.74) is 1.20. The number of aromatic nitrogens is 1. The van der Waals surface area contributed by atoms with E-state index in [0.29, 0.717) is 13.2 Å². The topological polar surface area (TPSA) is 54.5 Å². The van der Waals surface area contributed by atoms with Gasteiger partial charge in [-0.05, 0) is 30.7 Å². The standard InChI is InChI=1S/C15H23N3O2/c1-3-17-14-11-20-10-13(14)15(19)18(2)9-6-12-4-7-16-8-5-12/h4-5,7-8,13-14,17H,3,6,9-11H2,1-2H3. The molecule has 1 saturated heterocycles. The first-order chi connectivity index (χ1) is 9.72. The van der Waals surface area contributed by atoms with Gasteiger partial charge >= 0.3 is 0 Å². The zero-order chi connectivity index (χ0) is 14.4. The van der Waals surface area contributed by atoms with Crippen molar-refractivity contribution in [1.82, 2.24) is 15.2 Å². The van der Waals surface area contributed by atoms with Crippen molar-refractivity contribution in [3.05, 3.63) is 30.1 Å². The molecule has 0 radical (unpaired) electrons. The Morgan fingerprint density at radius 3 is 2.90 bits per heavy atom. The largest absolute Gasteiger partial charge is 0.379 e. The SMILES string of the molecule is CCNC1COCC1C(=O)N(C)CCc1ccncc1. The number of pyridine rings is 1. The van der Waals surface area contributed by atoms with Gasteiger partial charge in [0.05, 0.1) is 19.1 Å². The molecule has 1 N–H and O–H groups in total. The molecule has 0 aliphatic carbocycles. The van der Waals surface area contributed by atoms with Crippen LogP contribution in [0.3, 0.4) is 0 Å². The average Bonchev–Trinajstić information content (AvgIpc) is 2.93. The third-order valence-corrected chi connectivity index (χ3v) is 3.73. The fourth-order valence-electron chi connectivity index (χ4n) is 2.50. The van der Waals surface area contributed by atoms with Crippen molar-refractivity contribution >= 4 is 5.91 Å². The summed E-state index contributed by atoms with van der Waals surface area (Å²) < 4.78 is 5.44. The highest BCUT2D eigenvalue weighted by Crippen LogP contribution is 2.16. The lowest BCUT2D eigenvalue weighted by atomic mass is 10.0. The maximum absolute atomic E-state index is 12.4. The van der Waals surface area contributed by atoms with Crippen LogP contribution in [-0.2, 0) is 16.0 Å². The number of carbonyl (C=O) groups is 1. The summed E-state index contributed by atoms with van der Waals surface area (Å²) in [7, 11) is 1.87. The Labute approximate surface area is 120 Å². The third kappa shape index (κ3) is 3.77. The molecule has 0 spiro atoms. The molecule has 0 aromatic carbocycles. The molecule has 1 fully saturated rings. The highest BCUT2D eigenvalue weighted by Gasteiger charge is 2.34. The van der Waals surface area contributed by atoms with Gasteiger partial charge in [0.15, 0.2) is 0 Å². The van der Waals surface area contributed by atoms with Crippen LogP contribution >= 0.6 is 0 Å². The molecule has 2 unspecified atom stereocenters. The molecule has 1 aromatic rings. The van der Waals surface area contributed by atoms with E-state index in [1.807, 2.05) is 31.0 Å². The molecule has 0 saturated carbocycles. The van der Waals surface area contributed by atoms with Gasteiger partial charge in [0.1, 0.15) is 0 Å². The number of nitrogens with one attached hydrogen (secondary N) is 1. The number of hydrogen-bond acceptors (Lipinski definition) is 4. The van der Waals surface area contributed by atoms with E-state index in [9.17, 15) is 4.79 Å². The van der Waals surface area contributed by atoms with E-state index in [-0.39, 0.29) is 17.9 Å².